The highest BCUT2D eigenvalue weighted by molar-refractivity contribution is 5.45. The van der Waals surface area contributed by atoms with Crippen LogP contribution in [-0.4, -0.2) is 36.6 Å². The zero-order chi connectivity index (χ0) is 15.0. The van der Waals surface area contributed by atoms with E-state index in [-0.39, 0.29) is 0 Å². The van der Waals surface area contributed by atoms with Gasteiger partial charge in [-0.25, -0.2) is 4.98 Å². The second-order valence-corrected chi connectivity index (χ2v) is 5.43. The van der Waals surface area contributed by atoms with E-state index in [1.165, 1.54) is 12.8 Å². The summed E-state index contributed by atoms with van der Waals surface area (Å²) >= 11 is 0. The number of aryl methyl sites for hydroxylation is 1. The van der Waals surface area contributed by atoms with Gasteiger partial charge in [0.1, 0.15) is 5.82 Å². The first kappa shape index (κ1) is 16.7. The Kier molecular flexibility index (Phi) is 7.34. The Morgan fingerprint density at radius 3 is 2.15 bits per heavy atom. The van der Waals surface area contributed by atoms with E-state index in [2.05, 4.69) is 55.6 Å². The van der Waals surface area contributed by atoms with Gasteiger partial charge in [-0.05, 0) is 26.2 Å². The van der Waals surface area contributed by atoms with Crippen molar-refractivity contribution >= 4 is 11.8 Å². The first-order chi connectivity index (χ1) is 9.62. The number of anilines is 2. The maximum absolute atomic E-state index is 4.76. The van der Waals surface area contributed by atoms with Crippen molar-refractivity contribution in [3.8, 4) is 0 Å². The summed E-state index contributed by atoms with van der Waals surface area (Å²) in [7, 11) is 2.08. The van der Waals surface area contributed by atoms with Gasteiger partial charge in [0.2, 0.25) is 5.95 Å². The van der Waals surface area contributed by atoms with Gasteiger partial charge < -0.3 is 9.80 Å². The van der Waals surface area contributed by atoms with Gasteiger partial charge in [0.05, 0.1) is 0 Å². The molecule has 1 aromatic rings. The summed E-state index contributed by atoms with van der Waals surface area (Å²) < 4.78 is 0. The molecule has 20 heavy (non-hydrogen) atoms. The molecule has 4 nitrogen and oxygen atoms in total. The van der Waals surface area contributed by atoms with Crippen molar-refractivity contribution < 1.29 is 0 Å². The molecule has 1 heterocycles. The molecule has 0 saturated heterocycles. The average Bonchev–Trinajstić information content (AvgIpc) is 2.43. The van der Waals surface area contributed by atoms with Crippen LogP contribution < -0.4 is 9.80 Å². The summed E-state index contributed by atoms with van der Waals surface area (Å²) in [6.45, 7) is 11.8. The Labute approximate surface area is 124 Å². The largest absolute Gasteiger partial charge is 0.356 e. The molecule has 0 spiro atoms. The lowest BCUT2D eigenvalue weighted by molar-refractivity contribution is 0.720. The molecule has 1 rings (SSSR count). The standard InChI is InChI=1S/C16H30N4/c1-6-9-12-19(5)16-17-14(4)13-15(18-16)20(10-7-2)11-8-3/h13H,6-12H2,1-5H3. The van der Waals surface area contributed by atoms with E-state index in [0.717, 1.165) is 49.9 Å². The average molecular weight is 278 g/mol. The molecule has 0 unspecified atom stereocenters. The van der Waals surface area contributed by atoms with Crippen molar-refractivity contribution in [2.45, 2.75) is 53.4 Å². The lowest BCUT2D eigenvalue weighted by Gasteiger charge is -2.25. The van der Waals surface area contributed by atoms with Gasteiger partial charge in [0.15, 0.2) is 0 Å². The predicted molar refractivity (Wildman–Crippen MR) is 87.7 cm³/mol. The van der Waals surface area contributed by atoms with Crippen LogP contribution >= 0.6 is 0 Å². The fourth-order valence-corrected chi connectivity index (χ4v) is 2.25. The second kappa shape index (κ2) is 8.77. The van der Waals surface area contributed by atoms with Crippen molar-refractivity contribution in [1.29, 1.82) is 0 Å². The van der Waals surface area contributed by atoms with E-state index in [9.17, 15) is 0 Å². The molecular weight excluding hydrogens is 248 g/mol. The van der Waals surface area contributed by atoms with Gasteiger partial charge in [-0.3, -0.25) is 0 Å². The molecule has 0 amide bonds. The van der Waals surface area contributed by atoms with E-state index >= 15 is 0 Å². The van der Waals surface area contributed by atoms with Gasteiger partial charge in [-0.15, -0.1) is 0 Å². The number of hydrogen-bond acceptors (Lipinski definition) is 4. The molecule has 114 valence electrons. The molecule has 0 bridgehead atoms. The molecule has 0 fully saturated rings. The Balaban J connectivity index is 2.93. The summed E-state index contributed by atoms with van der Waals surface area (Å²) in [5, 5.41) is 0. The molecule has 0 aliphatic rings. The normalized spacial score (nSPS) is 10.7. The minimum atomic E-state index is 0.852. The Bertz CT molecular complexity index is 386. The lowest BCUT2D eigenvalue weighted by Crippen LogP contribution is -2.28. The maximum atomic E-state index is 4.76. The van der Waals surface area contributed by atoms with Crippen LogP contribution in [0.1, 0.15) is 52.1 Å². The Hall–Kier alpha value is -1.32. The van der Waals surface area contributed by atoms with Crippen LogP contribution in [0.15, 0.2) is 6.07 Å². The zero-order valence-corrected chi connectivity index (χ0v) is 13.8. The van der Waals surface area contributed by atoms with E-state index < -0.39 is 0 Å². The molecule has 0 saturated carbocycles. The summed E-state index contributed by atoms with van der Waals surface area (Å²) in [6, 6.07) is 2.10. The van der Waals surface area contributed by atoms with E-state index in [4.69, 9.17) is 4.98 Å². The first-order valence-electron chi connectivity index (χ1n) is 7.94. The van der Waals surface area contributed by atoms with Crippen LogP contribution in [0.3, 0.4) is 0 Å². The predicted octanol–water partition coefficient (Wildman–Crippen LogP) is 3.65. The highest BCUT2D eigenvalue weighted by Gasteiger charge is 2.11. The Morgan fingerprint density at radius 1 is 0.950 bits per heavy atom. The van der Waals surface area contributed by atoms with Crippen LogP contribution in [0.2, 0.25) is 0 Å². The van der Waals surface area contributed by atoms with E-state index in [0.29, 0.717) is 0 Å². The highest BCUT2D eigenvalue weighted by Crippen LogP contribution is 2.17. The van der Waals surface area contributed by atoms with Crippen LogP contribution in [-0.2, 0) is 0 Å². The zero-order valence-electron chi connectivity index (χ0n) is 13.8. The van der Waals surface area contributed by atoms with E-state index in [1.807, 2.05) is 0 Å². The number of hydrogen-bond donors (Lipinski definition) is 0. The monoisotopic (exact) mass is 278 g/mol. The number of aromatic nitrogens is 2. The third-order valence-electron chi connectivity index (χ3n) is 3.33. The molecule has 0 aliphatic heterocycles. The van der Waals surface area contributed by atoms with Crippen LogP contribution in [0.4, 0.5) is 11.8 Å². The lowest BCUT2D eigenvalue weighted by atomic mass is 10.3. The third-order valence-corrected chi connectivity index (χ3v) is 3.33. The molecule has 1 aromatic heterocycles. The molecule has 0 aliphatic carbocycles. The summed E-state index contributed by atoms with van der Waals surface area (Å²) in [5.74, 6) is 1.92. The quantitative estimate of drug-likeness (QED) is 0.690. The molecule has 0 radical (unpaired) electrons. The fourth-order valence-electron chi connectivity index (χ4n) is 2.25. The van der Waals surface area contributed by atoms with Gasteiger partial charge >= 0.3 is 0 Å². The van der Waals surface area contributed by atoms with Gasteiger partial charge in [0.25, 0.3) is 0 Å². The van der Waals surface area contributed by atoms with Gasteiger partial charge in [-0.2, -0.15) is 4.98 Å². The number of rotatable bonds is 9. The second-order valence-electron chi connectivity index (χ2n) is 5.43. The van der Waals surface area contributed by atoms with E-state index in [1.54, 1.807) is 0 Å². The fraction of sp³-hybridized carbons (Fsp3) is 0.750. The third kappa shape index (κ3) is 4.99. The van der Waals surface area contributed by atoms with Crippen molar-refractivity contribution in [3.63, 3.8) is 0 Å². The maximum Gasteiger partial charge on any atom is 0.227 e. The molecule has 0 aromatic carbocycles. The smallest absolute Gasteiger partial charge is 0.227 e. The summed E-state index contributed by atoms with van der Waals surface area (Å²) in [5.41, 5.74) is 1.05. The highest BCUT2D eigenvalue weighted by atomic mass is 15.3. The van der Waals surface area contributed by atoms with Crippen molar-refractivity contribution in [2.24, 2.45) is 0 Å². The number of nitrogens with zero attached hydrogens (tertiary/aromatic N) is 4. The van der Waals surface area contributed by atoms with Crippen LogP contribution in [0.25, 0.3) is 0 Å². The topological polar surface area (TPSA) is 32.3 Å². The summed E-state index contributed by atoms with van der Waals surface area (Å²) in [4.78, 5) is 13.9. The molecule has 0 N–H and O–H groups in total. The minimum absolute atomic E-state index is 0.852. The summed E-state index contributed by atoms with van der Waals surface area (Å²) in [6.07, 6.45) is 4.66. The molecule has 4 heteroatoms. The molecular formula is C16H30N4. The minimum Gasteiger partial charge on any atom is -0.356 e. The SMILES string of the molecule is CCCCN(C)c1nc(C)cc(N(CCC)CCC)n1. The van der Waals surface area contributed by atoms with Crippen LogP contribution in [0.5, 0.6) is 0 Å². The van der Waals surface area contributed by atoms with Crippen molar-refractivity contribution in [2.75, 3.05) is 36.5 Å². The first-order valence-corrected chi connectivity index (χ1v) is 7.94. The van der Waals surface area contributed by atoms with Crippen molar-refractivity contribution in [1.82, 2.24) is 9.97 Å². The molecule has 0 atom stereocenters. The van der Waals surface area contributed by atoms with Crippen molar-refractivity contribution in [3.05, 3.63) is 11.8 Å². The number of unbranched alkanes of at least 4 members (excludes halogenated alkanes) is 1. The van der Waals surface area contributed by atoms with Crippen LogP contribution in [0, 0.1) is 6.92 Å². The van der Waals surface area contributed by atoms with Gasteiger partial charge in [0, 0.05) is 38.4 Å². The Morgan fingerprint density at radius 2 is 1.60 bits per heavy atom. The van der Waals surface area contributed by atoms with Gasteiger partial charge in [-0.1, -0.05) is 27.2 Å².